The summed E-state index contributed by atoms with van der Waals surface area (Å²) >= 11 is 0. The van der Waals surface area contributed by atoms with Crippen LogP contribution in [0.2, 0.25) is 0 Å². The van der Waals surface area contributed by atoms with Crippen LogP contribution in [0.1, 0.15) is 42.0 Å². The van der Waals surface area contributed by atoms with Crippen LogP contribution in [0.4, 0.5) is 0 Å². The highest BCUT2D eigenvalue weighted by molar-refractivity contribution is 5.32. The Bertz CT molecular complexity index is 556. The molecule has 0 aliphatic carbocycles. The molecular weight excluding hydrogens is 230 g/mol. The van der Waals surface area contributed by atoms with E-state index in [9.17, 15) is 0 Å². The van der Waals surface area contributed by atoms with E-state index in [0.29, 0.717) is 5.92 Å². The topological polar surface area (TPSA) is 23.8 Å². The van der Waals surface area contributed by atoms with Gasteiger partial charge < -0.3 is 0 Å². The van der Waals surface area contributed by atoms with E-state index < -0.39 is 0 Å². The minimum Gasteiger partial charge on any atom is -0.192 e. The average Bonchev–Trinajstić information content (AvgIpc) is 2.46. The van der Waals surface area contributed by atoms with Crippen LogP contribution < -0.4 is 0 Å². The summed E-state index contributed by atoms with van der Waals surface area (Å²) in [4.78, 5) is 0. The third kappa shape index (κ3) is 3.69. The molecule has 0 saturated carbocycles. The maximum Gasteiger partial charge on any atom is 0.0991 e. The van der Waals surface area contributed by atoms with Gasteiger partial charge in [-0.1, -0.05) is 50.2 Å². The van der Waals surface area contributed by atoms with E-state index in [0.717, 1.165) is 18.4 Å². The van der Waals surface area contributed by atoms with Crippen molar-refractivity contribution in [3.8, 4) is 6.07 Å². The molecule has 96 valence electrons. The highest BCUT2D eigenvalue weighted by atomic mass is 14.2. The molecule has 0 saturated heterocycles. The minimum absolute atomic E-state index is 0.590. The van der Waals surface area contributed by atoms with Crippen LogP contribution in [0.3, 0.4) is 0 Å². The summed E-state index contributed by atoms with van der Waals surface area (Å²) in [6, 6.07) is 18.9. The second-order valence-electron chi connectivity index (χ2n) is 5.21. The van der Waals surface area contributed by atoms with Crippen molar-refractivity contribution in [3.63, 3.8) is 0 Å². The van der Waals surface area contributed by atoms with Crippen LogP contribution in [0, 0.1) is 11.3 Å². The molecule has 1 nitrogen and oxygen atoms in total. The number of nitriles is 1. The lowest BCUT2D eigenvalue weighted by molar-refractivity contribution is 0.863. The van der Waals surface area contributed by atoms with Gasteiger partial charge >= 0.3 is 0 Å². The molecule has 19 heavy (non-hydrogen) atoms. The molecule has 0 fully saturated rings. The predicted octanol–water partition coefficient (Wildman–Crippen LogP) is 4.47. The van der Waals surface area contributed by atoms with Crippen LogP contribution in [0.5, 0.6) is 0 Å². The Kier molecular flexibility index (Phi) is 4.36. The maximum absolute atomic E-state index is 8.76. The molecule has 0 aliphatic heterocycles. The van der Waals surface area contributed by atoms with Crippen LogP contribution in [-0.4, -0.2) is 0 Å². The molecule has 2 aromatic carbocycles. The Morgan fingerprint density at radius 1 is 0.842 bits per heavy atom. The standard InChI is InChI=1S/C18H19N/c1-14(2)18-11-9-16(10-12-18)4-3-15-5-7-17(13-19)8-6-15/h5-12,14H,3-4H2,1-2H3. The van der Waals surface area contributed by atoms with Gasteiger partial charge in [-0.25, -0.2) is 0 Å². The predicted molar refractivity (Wildman–Crippen MR) is 79.1 cm³/mol. The molecule has 0 N–H and O–H groups in total. The second-order valence-corrected chi connectivity index (χ2v) is 5.21. The zero-order valence-electron chi connectivity index (χ0n) is 11.6. The van der Waals surface area contributed by atoms with Gasteiger partial charge in [0.1, 0.15) is 0 Å². The summed E-state index contributed by atoms with van der Waals surface area (Å²) in [6.45, 7) is 4.43. The van der Waals surface area contributed by atoms with Crippen molar-refractivity contribution in [3.05, 3.63) is 70.8 Å². The number of nitrogens with zero attached hydrogens (tertiary/aromatic N) is 1. The smallest absolute Gasteiger partial charge is 0.0991 e. The van der Waals surface area contributed by atoms with Gasteiger partial charge in [-0.05, 0) is 47.6 Å². The van der Waals surface area contributed by atoms with Gasteiger partial charge in [-0.15, -0.1) is 0 Å². The van der Waals surface area contributed by atoms with E-state index in [2.05, 4.69) is 44.2 Å². The fourth-order valence-electron chi connectivity index (χ4n) is 2.10. The van der Waals surface area contributed by atoms with Crippen molar-refractivity contribution in [1.29, 1.82) is 5.26 Å². The molecule has 0 aromatic heterocycles. The number of hydrogen-bond donors (Lipinski definition) is 0. The summed E-state index contributed by atoms with van der Waals surface area (Å²) in [5.41, 5.74) is 4.77. The van der Waals surface area contributed by atoms with Gasteiger partial charge in [0.05, 0.1) is 11.6 Å². The largest absolute Gasteiger partial charge is 0.192 e. The third-order valence-corrected chi connectivity index (χ3v) is 3.43. The highest BCUT2D eigenvalue weighted by Crippen LogP contribution is 2.16. The van der Waals surface area contributed by atoms with Crippen molar-refractivity contribution in [2.45, 2.75) is 32.6 Å². The van der Waals surface area contributed by atoms with Gasteiger partial charge in [0.15, 0.2) is 0 Å². The van der Waals surface area contributed by atoms with Gasteiger partial charge in [-0.2, -0.15) is 5.26 Å². The summed E-state index contributed by atoms with van der Waals surface area (Å²) in [5.74, 6) is 0.590. The van der Waals surface area contributed by atoms with Gasteiger partial charge in [-0.3, -0.25) is 0 Å². The van der Waals surface area contributed by atoms with Crippen molar-refractivity contribution in [2.24, 2.45) is 0 Å². The van der Waals surface area contributed by atoms with E-state index >= 15 is 0 Å². The van der Waals surface area contributed by atoms with Crippen LogP contribution in [-0.2, 0) is 12.8 Å². The summed E-state index contributed by atoms with van der Waals surface area (Å²) in [7, 11) is 0. The highest BCUT2D eigenvalue weighted by Gasteiger charge is 2.00. The zero-order chi connectivity index (χ0) is 13.7. The molecule has 0 atom stereocenters. The van der Waals surface area contributed by atoms with E-state index in [1.54, 1.807) is 0 Å². The molecule has 2 rings (SSSR count). The molecule has 0 bridgehead atoms. The molecule has 1 heteroatoms. The van der Waals surface area contributed by atoms with Crippen LogP contribution in [0.15, 0.2) is 48.5 Å². The van der Waals surface area contributed by atoms with E-state index in [1.165, 1.54) is 16.7 Å². The number of aryl methyl sites for hydroxylation is 2. The lowest BCUT2D eigenvalue weighted by atomic mass is 9.99. The van der Waals surface area contributed by atoms with Crippen molar-refractivity contribution < 1.29 is 0 Å². The molecule has 0 amide bonds. The Morgan fingerprint density at radius 3 is 1.74 bits per heavy atom. The lowest BCUT2D eigenvalue weighted by Crippen LogP contribution is -1.93. The normalized spacial score (nSPS) is 10.4. The monoisotopic (exact) mass is 249 g/mol. The number of benzene rings is 2. The first-order chi connectivity index (χ1) is 9.19. The number of rotatable bonds is 4. The third-order valence-electron chi connectivity index (χ3n) is 3.43. The minimum atomic E-state index is 0.590. The Morgan fingerprint density at radius 2 is 1.32 bits per heavy atom. The Balaban J connectivity index is 1.96. The van der Waals surface area contributed by atoms with Crippen molar-refractivity contribution in [2.75, 3.05) is 0 Å². The van der Waals surface area contributed by atoms with Gasteiger partial charge in [0.2, 0.25) is 0 Å². The molecule has 0 spiro atoms. The average molecular weight is 249 g/mol. The van der Waals surface area contributed by atoms with Crippen LogP contribution >= 0.6 is 0 Å². The van der Waals surface area contributed by atoms with E-state index in [4.69, 9.17) is 5.26 Å². The zero-order valence-corrected chi connectivity index (χ0v) is 11.6. The van der Waals surface area contributed by atoms with Crippen molar-refractivity contribution >= 4 is 0 Å². The second kappa shape index (κ2) is 6.20. The SMILES string of the molecule is CC(C)c1ccc(CCc2ccc(C#N)cc2)cc1. The molecule has 0 aliphatic rings. The number of hydrogen-bond acceptors (Lipinski definition) is 1. The summed E-state index contributed by atoms with van der Waals surface area (Å²) < 4.78 is 0. The molecule has 0 radical (unpaired) electrons. The molecule has 0 heterocycles. The Labute approximate surface area is 115 Å². The van der Waals surface area contributed by atoms with E-state index in [-0.39, 0.29) is 0 Å². The first kappa shape index (κ1) is 13.4. The molecule has 2 aromatic rings. The lowest BCUT2D eigenvalue weighted by Gasteiger charge is -2.07. The fourth-order valence-corrected chi connectivity index (χ4v) is 2.10. The first-order valence-electron chi connectivity index (χ1n) is 6.77. The molecular formula is C18H19N. The van der Waals surface area contributed by atoms with E-state index in [1.807, 2.05) is 24.3 Å². The quantitative estimate of drug-likeness (QED) is 0.784. The molecule has 0 unspecified atom stereocenters. The van der Waals surface area contributed by atoms with Gasteiger partial charge in [0.25, 0.3) is 0 Å². The maximum atomic E-state index is 8.76. The summed E-state index contributed by atoms with van der Waals surface area (Å²) in [5, 5.41) is 8.76. The fraction of sp³-hybridized carbons (Fsp3) is 0.278. The Hall–Kier alpha value is -2.07. The summed E-state index contributed by atoms with van der Waals surface area (Å²) in [6.07, 6.45) is 2.07. The van der Waals surface area contributed by atoms with Crippen molar-refractivity contribution in [1.82, 2.24) is 0 Å². The van der Waals surface area contributed by atoms with Crippen LogP contribution in [0.25, 0.3) is 0 Å². The van der Waals surface area contributed by atoms with Gasteiger partial charge in [0, 0.05) is 0 Å². The first-order valence-corrected chi connectivity index (χ1v) is 6.77.